The third-order valence-electron chi connectivity index (χ3n) is 1.87. The number of ether oxygens (including phenoxy) is 1. The lowest BCUT2D eigenvalue weighted by Gasteiger charge is -2.18. The largest absolute Gasteiger partial charge is 0.443 e. The van der Waals surface area contributed by atoms with Gasteiger partial charge in [-0.3, -0.25) is 4.98 Å². The van der Waals surface area contributed by atoms with Crippen LogP contribution in [0.25, 0.3) is 0 Å². The number of aromatic nitrogens is 1. The van der Waals surface area contributed by atoms with Crippen molar-refractivity contribution in [2.45, 2.75) is 32.5 Å². The molecule has 1 N–H and O–H groups in total. The molecule has 20 heavy (non-hydrogen) atoms. The van der Waals surface area contributed by atoms with Crippen molar-refractivity contribution in [1.82, 2.24) is 10.4 Å². The third-order valence-corrected chi connectivity index (χ3v) is 1.87. The van der Waals surface area contributed by atoms with Gasteiger partial charge in [-0.05, 0) is 32.9 Å². The van der Waals surface area contributed by atoms with Gasteiger partial charge in [0, 0.05) is 6.20 Å². The van der Waals surface area contributed by atoms with Crippen molar-refractivity contribution in [3.05, 3.63) is 29.6 Å². The van der Waals surface area contributed by atoms with Gasteiger partial charge in [-0.2, -0.15) is 18.3 Å². The molecule has 5 nitrogen and oxygen atoms in total. The van der Waals surface area contributed by atoms with Gasteiger partial charge >= 0.3 is 12.3 Å². The van der Waals surface area contributed by atoms with Crippen LogP contribution in [0.5, 0.6) is 0 Å². The number of nitrogens with zero attached hydrogens (tertiary/aromatic N) is 2. The second-order valence-corrected chi connectivity index (χ2v) is 4.84. The van der Waals surface area contributed by atoms with E-state index < -0.39 is 23.4 Å². The van der Waals surface area contributed by atoms with Gasteiger partial charge in [0.1, 0.15) is 5.60 Å². The molecule has 0 unspecified atom stereocenters. The topological polar surface area (TPSA) is 63.6 Å². The molecule has 1 amide bonds. The van der Waals surface area contributed by atoms with E-state index in [1.165, 1.54) is 0 Å². The first-order chi connectivity index (χ1) is 9.08. The average molecular weight is 289 g/mol. The first-order valence-electron chi connectivity index (χ1n) is 5.63. The highest BCUT2D eigenvalue weighted by Gasteiger charge is 2.30. The second-order valence-electron chi connectivity index (χ2n) is 4.84. The Morgan fingerprint density at radius 3 is 2.45 bits per heavy atom. The predicted octanol–water partition coefficient (Wildman–Crippen LogP) is 2.96. The Morgan fingerprint density at radius 1 is 1.35 bits per heavy atom. The van der Waals surface area contributed by atoms with Gasteiger partial charge in [0.15, 0.2) is 0 Å². The van der Waals surface area contributed by atoms with Crippen molar-refractivity contribution in [3.63, 3.8) is 0 Å². The van der Waals surface area contributed by atoms with Crippen LogP contribution in [-0.2, 0) is 10.9 Å². The van der Waals surface area contributed by atoms with Gasteiger partial charge in [-0.15, -0.1) is 0 Å². The molecule has 1 aromatic heterocycles. The summed E-state index contributed by atoms with van der Waals surface area (Å²) in [5.74, 6) is 0. The smallest absolute Gasteiger partial charge is 0.428 e. The van der Waals surface area contributed by atoms with Crippen LogP contribution in [-0.4, -0.2) is 22.9 Å². The Bertz CT molecular complexity index is 490. The number of alkyl halides is 3. The molecule has 1 aromatic rings. The monoisotopic (exact) mass is 289 g/mol. The number of carbonyl (C=O) groups is 1. The molecule has 0 aromatic carbocycles. The number of pyridine rings is 1. The number of amides is 1. The number of halogens is 3. The number of hydrazone groups is 1. The van der Waals surface area contributed by atoms with E-state index in [2.05, 4.69) is 15.5 Å². The van der Waals surface area contributed by atoms with Crippen LogP contribution < -0.4 is 5.43 Å². The van der Waals surface area contributed by atoms with Crippen molar-refractivity contribution >= 4 is 12.3 Å². The molecular weight excluding hydrogens is 275 g/mol. The Labute approximate surface area is 113 Å². The van der Waals surface area contributed by atoms with Crippen LogP contribution in [0, 0.1) is 0 Å². The second kappa shape index (κ2) is 5.89. The maximum Gasteiger partial charge on any atom is 0.428 e. The zero-order valence-electron chi connectivity index (χ0n) is 11.2. The minimum absolute atomic E-state index is 0.175. The summed E-state index contributed by atoms with van der Waals surface area (Å²) in [5.41, 5.74) is 0.741. The van der Waals surface area contributed by atoms with Gasteiger partial charge in [-0.25, -0.2) is 10.2 Å². The summed E-state index contributed by atoms with van der Waals surface area (Å²) in [6.45, 7) is 5.06. The maximum absolute atomic E-state index is 12.3. The van der Waals surface area contributed by atoms with E-state index in [-0.39, 0.29) is 5.69 Å². The molecule has 0 aliphatic rings. The predicted molar refractivity (Wildman–Crippen MR) is 66.2 cm³/mol. The molecule has 0 bridgehead atoms. The molecule has 0 spiro atoms. The molecule has 1 rings (SSSR count). The van der Waals surface area contributed by atoms with Crippen LogP contribution in [0.15, 0.2) is 23.4 Å². The molecule has 0 atom stereocenters. The van der Waals surface area contributed by atoms with Crippen molar-refractivity contribution in [3.8, 4) is 0 Å². The maximum atomic E-state index is 12.3. The number of rotatable bonds is 2. The van der Waals surface area contributed by atoms with E-state index in [0.29, 0.717) is 6.20 Å². The molecule has 0 radical (unpaired) electrons. The van der Waals surface area contributed by atoms with Crippen LogP contribution in [0.2, 0.25) is 0 Å². The molecule has 0 saturated carbocycles. The lowest BCUT2D eigenvalue weighted by atomic mass is 10.2. The van der Waals surface area contributed by atoms with Crippen molar-refractivity contribution in [2.24, 2.45) is 5.10 Å². The van der Waals surface area contributed by atoms with Crippen molar-refractivity contribution < 1.29 is 22.7 Å². The zero-order valence-corrected chi connectivity index (χ0v) is 11.2. The van der Waals surface area contributed by atoms with Crippen molar-refractivity contribution in [1.29, 1.82) is 0 Å². The standard InChI is InChI=1S/C12H14F3N3O2/c1-11(2,3)20-10(19)18-17-7-9-5-4-8(6-16-9)12(13,14)15/h4-7H,1-3H3,(H,18,19)/b17-7+. The number of hydrogen-bond acceptors (Lipinski definition) is 4. The Morgan fingerprint density at radius 2 is 2.00 bits per heavy atom. The van der Waals surface area contributed by atoms with E-state index in [4.69, 9.17) is 4.74 Å². The highest BCUT2D eigenvalue weighted by molar-refractivity contribution is 5.78. The summed E-state index contributed by atoms with van der Waals surface area (Å²) >= 11 is 0. The fourth-order valence-electron chi connectivity index (χ4n) is 1.10. The first kappa shape index (κ1) is 15.9. The molecule has 0 aliphatic heterocycles. The normalized spacial score (nSPS) is 12.5. The molecular formula is C12H14F3N3O2. The van der Waals surface area contributed by atoms with Crippen LogP contribution in [0.1, 0.15) is 32.0 Å². The van der Waals surface area contributed by atoms with Gasteiger partial charge in [-0.1, -0.05) is 0 Å². The number of carbonyl (C=O) groups excluding carboxylic acids is 1. The van der Waals surface area contributed by atoms with Crippen molar-refractivity contribution in [2.75, 3.05) is 0 Å². The molecule has 0 saturated heterocycles. The summed E-state index contributed by atoms with van der Waals surface area (Å²) in [7, 11) is 0. The Hall–Kier alpha value is -2.12. The van der Waals surface area contributed by atoms with E-state index in [1.54, 1.807) is 20.8 Å². The van der Waals surface area contributed by atoms with Gasteiger partial charge < -0.3 is 4.74 Å². The van der Waals surface area contributed by atoms with E-state index >= 15 is 0 Å². The first-order valence-corrected chi connectivity index (χ1v) is 5.63. The molecule has 1 heterocycles. The lowest BCUT2D eigenvalue weighted by molar-refractivity contribution is -0.137. The lowest BCUT2D eigenvalue weighted by Crippen LogP contribution is -2.29. The Kier molecular flexibility index (Phi) is 4.69. The number of hydrogen-bond donors (Lipinski definition) is 1. The van der Waals surface area contributed by atoms with Crippen LogP contribution >= 0.6 is 0 Å². The highest BCUT2D eigenvalue weighted by Crippen LogP contribution is 2.28. The summed E-state index contributed by atoms with van der Waals surface area (Å²) in [5, 5.41) is 3.52. The number of nitrogens with one attached hydrogen (secondary N) is 1. The highest BCUT2D eigenvalue weighted by atomic mass is 19.4. The fraction of sp³-hybridized carbons (Fsp3) is 0.417. The minimum Gasteiger partial charge on any atom is -0.443 e. The molecule has 110 valence electrons. The molecule has 0 aliphatic carbocycles. The Balaban J connectivity index is 2.57. The van der Waals surface area contributed by atoms with Gasteiger partial charge in [0.2, 0.25) is 0 Å². The van der Waals surface area contributed by atoms with Gasteiger partial charge in [0.25, 0.3) is 0 Å². The van der Waals surface area contributed by atoms with Crippen LogP contribution in [0.3, 0.4) is 0 Å². The quantitative estimate of drug-likeness (QED) is 0.672. The minimum atomic E-state index is -4.43. The summed E-state index contributed by atoms with van der Waals surface area (Å²) in [4.78, 5) is 14.8. The van der Waals surface area contributed by atoms with E-state index in [0.717, 1.165) is 18.3 Å². The zero-order chi connectivity index (χ0) is 15.4. The molecule has 0 fully saturated rings. The summed E-state index contributed by atoms with van der Waals surface area (Å²) in [6, 6.07) is 2.02. The van der Waals surface area contributed by atoms with Crippen LogP contribution in [0.4, 0.5) is 18.0 Å². The van der Waals surface area contributed by atoms with Gasteiger partial charge in [0.05, 0.1) is 17.5 Å². The summed E-state index contributed by atoms with van der Waals surface area (Å²) < 4.78 is 41.8. The average Bonchev–Trinajstić information content (AvgIpc) is 2.26. The fourth-order valence-corrected chi connectivity index (χ4v) is 1.10. The third kappa shape index (κ3) is 5.68. The SMILES string of the molecule is CC(C)(C)OC(=O)N/N=C/c1ccc(C(F)(F)F)cn1. The summed E-state index contributed by atoms with van der Waals surface area (Å²) in [6.07, 6.45) is -3.39. The van der Waals surface area contributed by atoms with E-state index in [9.17, 15) is 18.0 Å². The van der Waals surface area contributed by atoms with E-state index in [1.807, 2.05) is 0 Å². The molecule has 8 heteroatoms.